The molecule has 3 aromatic rings. The third-order valence-corrected chi connectivity index (χ3v) is 6.32. The minimum atomic E-state index is -1.07. The summed E-state index contributed by atoms with van der Waals surface area (Å²) in [7, 11) is 0. The smallest absolute Gasteiger partial charge is 0.267 e. The van der Waals surface area contributed by atoms with Gasteiger partial charge in [-0.05, 0) is 55.8 Å². The van der Waals surface area contributed by atoms with Gasteiger partial charge in [0.2, 0.25) is 5.91 Å². The summed E-state index contributed by atoms with van der Waals surface area (Å²) in [5.41, 5.74) is 1.41. The Balaban J connectivity index is 1.32. The third kappa shape index (κ3) is 6.46. The van der Waals surface area contributed by atoms with Gasteiger partial charge in [0.25, 0.3) is 5.91 Å². The van der Waals surface area contributed by atoms with E-state index >= 15 is 0 Å². The SMILES string of the molecule is CC(C)(Oc1ccccc1)C(=O)Nc1ccc(N2CCN(C(=O)/C=C/c3ccccc3)CC2)c(Cl)c1. The average molecular weight is 504 g/mol. The van der Waals surface area contributed by atoms with E-state index in [1.807, 2.05) is 83.8 Å². The summed E-state index contributed by atoms with van der Waals surface area (Å²) in [5.74, 6) is 0.355. The van der Waals surface area contributed by atoms with Crippen LogP contribution in [0, 0.1) is 0 Å². The first-order valence-electron chi connectivity index (χ1n) is 11.9. The Morgan fingerprint density at radius 2 is 1.56 bits per heavy atom. The van der Waals surface area contributed by atoms with Crippen molar-refractivity contribution in [2.24, 2.45) is 0 Å². The van der Waals surface area contributed by atoms with Crippen LogP contribution in [0.3, 0.4) is 0 Å². The molecule has 1 heterocycles. The molecule has 1 N–H and O–H groups in total. The van der Waals surface area contributed by atoms with Crippen molar-refractivity contribution in [3.05, 3.63) is 95.5 Å². The molecule has 0 radical (unpaired) electrons. The molecule has 0 atom stereocenters. The maximum atomic E-state index is 12.8. The van der Waals surface area contributed by atoms with E-state index in [1.165, 1.54) is 0 Å². The van der Waals surface area contributed by atoms with Crippen LogP contribution in [-0.4, -0.2) is 48.5 Å². The first-order chi connectivity index (χ1) is 17.3. The second kappa shape index (κ2) is 11.3. The average Bonchev–Trinajstić information content (AvgIpc) is 2.88. The number of halogens is 1. The number of anilines is 2. The van der Waals surface area contributed by atoms with Gasteiger partial charge in [0.1, 0.15) is 5.75 Å². The van der Waals surface area contributed by atoms with E-state index in [0.29, 0.717) is 42.6 Å². The van der Waals surface area contributed by atoms with Gasteiger partial charge in [0, 0.05) is 37.9 Å². The zero-order valence-electron chi connectivity index (χ0n) is 20.5. The number of amides is 2. The van der Waals surface area contributed by atoms with Gasteiger partial charge in [-0.2, -0.15) is 0 Å². The topological polar surface area (TPSA) is 61.9 Å². The Kier molecular flexibility index (Phi) is 7.96. The van der Waals surface area contributed by atoms with Crippen LogP contribution in [0.4, 0.5) is 11.4 Å². The van der Waals surface area contributed by atoms with Gasteiger partial charge >= 0.3 is 0 Å². The first kappa shape index (κ1) is 25.3. The van der Waals surface area contributed by atoms with Gasteiger partial charge in [-0.3, -0.25) is 9.59 Å². The van der Waals surface area contributed by atoms with Crippen molar-refractivity contribution in [3.63, 3.8) is 0 Å². The number of rotatable bonds is 7. The lowest BCUT2D eigenvalue weighted by atomic mass is 10.1. The van der Waals surface area contributed by atoms with Gasteiger partial charge in [-0.1, -0.05) is 60.1 Å². The molecular weight excluding hydrogens is 474 g/mol. The van der Waals surface area contributed by atoms with Gasteiger partial charge in [0.05, 0.1) is 10.7 Å². The van der Waals surface area contributed by atoms with Crippen LogP contribution in [0.2, 0.25) is 5.02 Å². The van der Waals surface area contributed by atoms with E-state index in [4.69, 9.17) is 16.3 Å². The molecule has 0 saturated carbocycles. The zero-order valence-corrected chi connectivity index (χ0v) is 21.2. The molecule has 2 amide bonds. The molecule has 6 nitrogen and oxygen atoms in total. The van der Waals surface area contributed by atoms with Crippen molar-refractivity contribution in [1.82, 2.24) is 4.90 Å². The summed E-state index contributed by atoms with van der Waals surface area (Å²) in [6.07, 6.45) is 3.46. The zero-order chi connectivity index (χ0) is 25.5. The number of hydrogen-bond acceptors (Lipinski definition) is 4. The third-order valence-electron chi connectivity index (χ3n) is 6.02. The van der Waals surface area contributed by atoms with E-state index in [0.717, 1.165) is 11.3 Å². The molecule has 4 rings (SSSR count). The molecule has 0 bridgehead atoms. The Bertz CT molecular complexity index is 1220. The number of nitrogens with one attached hydrogen (secondary N) is 1. The Morgan fingerprint density at radius 1 is 0.917 bits per heavy atom. The predicted molar refractivity (Wildman–Crippen MR) is 145 cm³/mol. The summed E-state index contributed by atoms with van der Waals surface area (Å²) in [6.45, 7) is 6.01. The number of hydrogen-bond donors (Lipinski definition) is 1. The fourth-order valence-electron chi connectivity index (χ4n) is 3.96. The maximum Gasteiger partial charge on any atom is 0.267 e. The molecule has 3 aromatic carbocycles. The van der Waals surface area contributed by atoms with E-state index in [9.17, 15) is 9.59 Å². The Morgan fingerprint density at radius 3 is 2.19 bits per heavy atom. The second-order valence-electron chi connectivity index (χ2n) is 9.10. The number of para-hydroxylation sites is 1. The number of carbonyl (C=O) groups excluding carboxylic acids is 2. The molecule has 7 heteroatoms. The number of piperazine rings is 1. The van der Waals surface area contributed by atoms with Gasteiger partial charge < -0.3 is 19.9 Å². The lowest BCUT2D eigenvalue weighted by Crippen LogP contribution is -2.48. The molecule has 36 heavy (non-hydrogen) atoms. The Labute approximate surface area is 217 Å². The lowest BCUT2D eigenvalue weighted by Gasteiger charge is -2.36. The van der Waals surface area contributed by atoms with Crippen LogP contribution >= 0.6 is 11.6 Å². The van der Waals surface area contributed by atoms with Crippen molar-refractivity contribution in [1.29, 1.82) is 0 Å². The molecule has 1 aliphatic rings. The van der Waals surface area contributed by atoms with Gasteiger partial charge in [-0.25, -0.2) is 0 Å². The molecule has 186 valence electrons. The second-order valence-corrected chi connectivity index (χ2v) is 9.51. The molecule has 0 aliphatic carbocycles. The fraction of sp³-hybridized carbons (Fsp3) is 0.241. The highest BCUT2D eigenvalue weighted by Gasteiger charge is 2.30. The van der Waals surface area contributed by atoms with Crippen LogP contribution in [0.15, 0.2) is 84.9 Å². The summed E-state index contributed by atoms with van der Waals surface area (Å²) >= 11 is 6.59. The minimum absolute atomic E-state index is 0.00277. The minimum Gasteiger partial charge on any atom is -0.478 e. The number of nitrogens with zero attached hydrogens (tertiary/aromatic N) is 2. The van der Waals surface area contributed by atoms with Crippen LogP contribution < -0.4 is 15.0 Å². The van der Waals surface area contributed by atoms with Crippen molar-refractivity contribution in [2.75, 3.05) is 36.4 Å². The van der Waals surface area contributed by atoms with E-state index in [1.54, 1.807) is 26.0 Å². The van der Waals surface area contributed by atoms with E-state index in [-0.39, 0.29) is 11.8 Å². The maximum absolute atomic E-state index is 12.8. The van der Waals surface area contributed by atoms with Crippen LogP contribution in [0.25, 0.3) is 6.08 Å². The fourth-order valence-corrected chi connectivity index (χ4v) is 4.26. The predicted octanol–water partition coefficient (Wildman–Crippen LogP) is 5.50. The van der Waals surface area contributed by atoms with Crippen molar-refractivity contribution in [2.45, 2.75) is 19.4 Å². The van der Waals surface area contributed by atoms with Gasteiger partial charge in [0.15, 0.2) is 5.60 Å². The van der Waals surface area contributed by atoms with Crippen LogP contribution in [0.1, 0.15) is 19.4 Å². The summed E-state index contributed by atoms with van der Waals surface area (Å²) in [6, 6.07) is 24.5. The summed E-state index contributed by atoms with van der Waals surface area (Å²) < 4.78 is 5.87. The molecule has 0 spiro atoms. The largest absolute Gasteiger partial charge is 0.478 e. The Hall–Kier alpha value is -3.77. The van der Waals surface area contributed by atoms with Crippen LogP contribution in [-0.2, 0) is 9.59 Å². The number of carbonyl (C=O) groups is 2. The summed E-state index contributed by atoms with van der Waals surface area (Å²) in [4.78, 5) is 29.4. The molecule has 0 unspecified atom stereocenters. The van der Waals surface area contributed by atoms with Crippen molar-refractivity contribution in [3.8, 4) is 5.75 Å². The van der Waals surface area contributed by atoms with Crippen molar-refractivity contribution >= 4 is 40.9 Å². The highest BCUT2D eigenvalue weighted by Crippen LogP contribution is 2.30. The standard InChI is InChI=1S/C29H30ClN3O3/c1-29(2,36-24-11-7-4-8-12-24)28(35)31-23-14-15-26(25(30)21-23)32-17-19-33(20-18-32)27(34)16-13-22-9-5-3-6-10-22/h3-16,21H,17-20H2,1-2H3,(H,31,35)/b16-13+. The molecule has 0 aromatic heterocycles. The molecular formula is C29H30ClN3O3. The van der Waals surface area contributed by atoms with Crippen molar-refractivity contribution < 1.29 is 14.3 Å². The van der Waals surface area contributed by atoms with Gasteiger partial charge in [-0.15, -0.1) is 0 Å². The highest BCUT2D eigenvalue weighted by atomic mass is 35.5. The molecule has 1 fully saturated rings. The normalized spacial score (nSPS) is 14.1. The lowest BCUT2D eigenvalue weighted by molar-refractivity contribution is -0.128. The summed E-state index contributed by atoms with van der Waals surface area (Å²) in [5, 5.41) is 3.44. The molecule has 1 saturated heterocycles. The van der Waals surface area contributed by atoms with E-state index < -0.39 is 5.60 Å². The van der Waals surface area contributed by atoms with Crippen LogP contribution in [0.5, 0.6) is 5.75 Å². The molecule has 1 aliphatic heterocycles. The number of ether oxygens (including phenoxy) is 1. The van der Waals surface area contributed by atoms with E-state index in [2.05, 4.69) is 10.2 Å². The number of benzene rings is 3. The monoisotopic (exact) mass is 503 g/mol. The quantitative estimate of drug-likeness (QED) is 0.432. The highest BCUT2D eigenvalue weighted by molar-refractivity contribution is 6.33. The first-order valence-corrected chi connectivity index (χ1v) is 12.3.